The van der Waals surface area contributed by atoms with E-state index in [4.69, 9.17) is 9.84 Å². The summed E-state index contributed by atoms with van der Waals surface area (Å²) in [5.74, 6) is 0.199. The van der Waals surface area contributed by atoms with Gasteiger partial charge in [-0.3, -0.25) is 15.0 Å². The molecule has 0 saturated heterocycles. The van der Waals surface area contributed by atoms with E-state index in [1.807, 2.05) is 18.2 Å². The monoisotopic (exact) mass is 499 g/mol. The Bertz CT molecular complexity index is 871. The average molecular weight is 500 g/mol. The molecule has 2 amide bonds. The van der Waals surface area contributed by atoms with Crippen molar-refractivity contribution in [2.24, 2.45) is 5.92 Å². The Morgan fingerprint density at radius 2 is 2.17 bits per heavy atom. The van der Waals surface area contributed by atoms with Crippen molar-refractivity contribution < 1.29 is 19.4 Å². The van der Waals surface area contributed by atoms with Crippen LogP contribution in [0.15, 0.2) is 33.1 Å². The summed E-state index contributed by atoms with van der Waals surface area (Å²) in [7, 11) is 1.59. The molecule has 7 nitrogen and oxygen atoms in total. The van der Waals surface area contributed by atoms with Gasteiger partial charge in [-0.2, -0.15) is 0 Å². The number of benzene rings is 1. The Morgan fingerprint density at radius 3 is 2.86 bits per heavy atom. The molecule has 0 radical (unpaired) electrons. The molecular weight excluding hydrogens is 478 g/mol. The van der Waals surface area contributed by atoms with E-state index < -0.39 is 5.97 Å². The van der Waals surface area contributed by atoms with Crippen molar-refractivity contribution in [3.8, 4) is 5.75 Å². The first-order valence-corrected chi connectivity index (χ1v) is 11.8. The Kier molecular flexibility index (Phi) is 7.79. The van der Waals surface area contributed by atoms with Gasteiger partial charge in [0.1, 0.15) is 5.75 Å². The van der Waals surface area contributed by atoms with Crippen molar-refractivity contribution in [1.82, 2.24) is 4.98 Å². The van der Waals surface area contributed by atoms with Crippen LogP contribution >= 0.6 is 39.0 Å². The number of thioether (sulfide) groups is 1. The number of methoxy groups -OCH3 is 1. The number of hydrogen-bond acceptors (Lipinski definition) is 6. The number of nitrogens with one attached hydrogen (secondary N) is 1. The van der Waals surface area contributed by atoms with Gasteiger partial charge in [0.25, 0.3) is 0 Å². The highest BCUT2D eigenvalue weighted by Crippen LogP contribution is 2.33. The lowest BCUT2D eigenvalue weighted by atomic mass is 10.1. The van der Waals surface area contributed by atoms with Crippen LogP contribution in [-0.4, -0.2) is 41.5 Å². The molecular formula is C19H22BrN3O4S2. The summed E-state index contributed by atoms with van der Waals surface area (Å²) in [5.41, 5.74) is 0.756. The summed E-state index contributed by atoms with van der Waals surface area (Å²) in [6.07, 6.45) is 6.20. The van der Waals surface area contributed by atoms with Crippen LogP contribution in [0, 0.1) is 5.92 Å². The van der Waals surface area contributed by atoms with E-state index in [9.17, 15) is 9.59 Å². The second-order valence-electron chi connectivity index (χ2n) is 6.68. The Balaban J connectivity index is 1.76. The second kappa shape index (κ2) is 10.3. The lowest BCUT2D eigenvalue weighted by molar-refractivity contribution is -0.133. The van der Waals surface area contributed by atoms with E-state index in [0.717, 1.165) is 27.2 Å². The van der Waals surface area contributed by atoms with E-state index in [-0.39, 0.29) is 11.8 Å². The Morgan fingerprint density at radius 1 is 1.41 bits per heavy atom. The molecule has 2 aromatic rings. The van der Waals surface area contributed by atoms with Gasteiger partial charge >= 0.3 is 12.0 Å². The van der Waals surface area contributed by atoms with Crippen LogP contribution in [-0.2, 0) is 4.79 Å². The van der Waals surface area contributed by atoms with Crippen LogP contribution in [0.1, 0.15) is 25.7 Å². The predicted octanol–water partition coefficient (Wildman–Crippen LogP) is 5.32. The standard InChI is InChI=1S/C19H22BrN3O4S2/c1-27-15-8-13(6-7-14(15)20)23(10-12-4-2-3-5-12)19(26)22-18-21-9-17(29-18)28-11-16(24)25/h6-9,12H,2-5,10-11H2,1H3,(H,24,25)(H,21,22,26). The minimum atomic E-state index is -0.888. The highest BCUT2D eigenvalue weighted by molar-refractivity contribution is 9.10. The molecule has 1 aliphatic carbocycles. The van der Waals surface area contributed by atoms with Gasteiger partial charge in [-0.1, -0.05) is 24.2 Å². The number of carbonyl (C=O) groups excluding carboxylic acids is 1. The molecule has 0 unspecified atom stereocenters. The largest absolute Gasteiger partial charge is 0.495 e. The summed E-state index contributed by atoms with van der Waals surface area (Å²) in [6, 6.07) is 5.34. The molecule has 3 rings (SSSR count). The van der Waals surface area contributed by atoms with Gasteiger partial charge < -0.3 is 9.84 Å². The number of ether oxygens (including phenoxy) is 1. The maximum Gasteiger partial charge on any atom is 0.328 e. The molecule has 1 fully saturated rings. The molecule has 0 spiro atoms. The van der Waals surface area contributed by atoms with Gasteiger partial charge in [-0.05, 0) is 46.8 Å². The zero-order chi connectivity index (χ0) is 20.8. The van der Waals surface area contributed by atoms with Crippen molar-refractivity contribution >= 4 is 61.8 Å². The van der Waals surface area contributed by atoms with Crippen LogP contribution in [0.25, 0.3) is 0 Å². The molecule has 0 aliphatic heterocycles. The second-order valence-corrected chi connectivity index (χ2v) is 9.84. The van der Waals surface area contributed by atoms with Gasteiger partial charge in [0.2, 0.25) is 0 Å². The molecule has 1 heterocycles. The molecule has 0 bridgehead atoms. The zero-order valence-electron chi connectivity index (χ0n) is 15.9. The lowest BCUT2D eigenvalue weighted by Gasteiger charge is -2.26. The fourth-order valence-corrected chi connectivity index (χ4v) is 5.24. The lowest BCUT2D eigenvalue weighted by Crippen LogP contribution is -2.38. The number of aromatic nitrogens is 1. The van der Waals surface area contributed by atoms with Crippen LogP contribution in [0.2, 0.25) is 0 Å². The molecule has 10 heteroatoms. The number of carboxylic acid groups (broad SMARTS) is 1. The van der Waals surface area contributed by atoms with Crippen LogP contribution < -0.4 is 15.0 Å². The molecule has 29 heavy (non-hydrogen) atoms. The predicted molar refractivity (Wildman–Crippen MR) is 119 cm³/mol. The van der Waals surface area contributed by atoms with Crippen LogP contribution in [0.3, 0.4) is 0 Å². The average Bonchev–Trinajstić information content (AvgIpc) is 3.37. The number of halogens is 1. The first kappa shape index (κ1) is 21.9. The van der Waals surface area contributed by atoms with Gasteiger partial charge in [-0.15, -0.1) is 11.8 Å². The number of carbonyl (C=O) groups is 2. The number of hydrogen-bond donors (Lipinski definition) is 2. The zero-order valence-corrected chi connectivity index (χ0v) is 19.1. The molecule has 0 atom stereocenters. The van der Waals surface area contributed by atoms with E-state index in [2.05, 4.69) is 26.2 Å². The molecule has 156 valence electrons. The number of rotatable bonds is 8. The Labute approximate surface area is 186 Å². The smallest absolute Gasteiger partial charge is 0.328 e. The minimum Gasteiger partial charge on any atom is -0.495 e. The van der Waals surface area contributed by atoms with Crippen LogP contribution in [0.4, 0.5) is 15.6 Å². The Hall–Kier alpha value is -1.78. The highest BCUT2D eigenvalue weighted by atomic mass is 79.9. The normalized spacial score (nSPS) is 14.0. The number of anilines is 2. The molecule has 1 aromatic carbocycles. The van der Waals surface area contributed by atoms with Gasteiger partial charge in [0, 0.05) is 18.3 Å². The molecule has 1 aliphatic rings. The maximum absolute atomic E-state index is 13.1. The van der Waals surface area contributed by atoms with Crippen LogP contribution in [0.5, 0.6) is 5.75 Å². The molecule has 1 saturated carbocycles. The number of nitrogens with zero attached hydrogens (tertiary/aromatic N) is 2. The first-order valence-electron chi connectivity index (χ1n) is 9.18. The number of thiazole rings is 1. The van der Waals surface area contributed by atoms with Crippen molar-refractivity contribution in [1.29, 1.82) is 0 Å². The summed E-state index contributed by atoms with van der Waals surface area (Å²) in [5, 5.41) is 12.1. The minimum absolute atomic E-state index is 0.0396. The van der Waals surface area contributed by atoms with Crippen molar-refractivity contribution in [3.63, 3.8) is 0 Å². The van der Waals surface area contributed by atoms with Gasteiger partial charge in [-0.25, -0.2) is 9.78 Å². The SMILES string of the molecule is COc1cc(N(CC2CCCC2)C(=O)Nc2ncc(SCC(=O)O)s2)ccc1Br. The first-order chi connectivity index (χ1) is 14.0. The van der Waals surface area contributed by atoms with Crippen molar-refractivity contribution in [2.45, 2.75) is 29.9 Å². The number of amides is 2. The van der Waals surface area contributed by atoms with Crippen molar-refractivity contribution in [2.75, 3.05) is 29.6 Å². The van der Waals surface area contributed by atoms with E-state index in [1.54, 1.807) is 18.2 Å². The van der Waals surface area contributed by atoms with Crippen molar-refractivity contribution in [3.05, 3.63) is 28.9 Å². The summed E-state index contributed by atoms with van der Waals surface area (Å²) in [6.45, 7) is 0.628. The van der Waals surface area contributed by atoms with Gasteiger partial charge in [0.15, 0.2) is 5.13 Å². The number of aliphatic carboxylic acids is 1. The summed E-state index contributed by atoms with van der Waals surface area (Å²) in [4.78, 5) is 29.7. The van der Waals surface area contributed by atoms with E-state index in [0.29, 0.717) is 23.3 Å². The summed E-state index contributed by atoms with van der Waals surface area (Å²) < 4.78 is 6.96. The molecule has 2 N–H and O–H groups in total. The third-order valence-electron chi connectivity index (χ3n) is 4.64. The topological polar surface area (TPSA) is 91.8 Å². The third kappa shape index (κ3) is 6.10. The number of carboxylic acids is 1. The fraction of sp³-hybridized carbons (Fsp3) is 0.421. The highest BCUT2D eigenvalue weighted by Gasteiger charge is 2.24. The van der Waals surface area contributed by atoms with E-state index in [1.165, 1.54) is 35.9 Å². The maximum atomic E-state index is 13.1. The molecule has 1 aromatic heterocycles. The number of urea groups is 1. The summed E-state index contributed by atoms with van der Waals surface area (Å²) >= 11 is 5.90. The fourth-order valence-electron chi connectivity index (χ4n) is 3.25. The van der Waals surface area contributed by atoms with E-state index >= 15 is 0 Å². The third-order valence-corrected chi connectivity index (χ3v) is 7.39. The quantitative estimate of drug-likeness (QED) is 0.477. The van der Waals surface area contributed by atoms with Gasteiger partial charge in [0.05, 0.1) is 27.7 Å².